The third-order valence-electron chi connectivity index (χ3n) is 4.49. The highest BCUT2D eigenvalue weighted by molar-refractivity contribution is 7.16. The molecule has 9 nitrogen and oxygen atoms in total. The van der Waals surface area contributed by atoms with E-state index in [9.17, 15) is 14.4 Å². The van der Waals surface area contributed by atoms with E-state index in [0.29, 0.717) is 45.6 Å². The van der Waals surface area contributed by atoms with Crippen LogP contribution in [0, 0.1) is 6.92 Å². The molecule has 2 aromatic heterocycles. The van der Waals surface area contributed by atoms with Crippen molar-refractivity contribution in [2.75, 3.05) is 18.1 Å². The minimum atomic E-state index is -0.620. The van der Waals surface area contributed by atoms with Gasteiger partial charge in [-0.25, -0.2) is 14.8 Å². The largest absolute Gasteiger partial charge is 0.453 e. The second kappa shape index (κ2) is 7.92. The van der Waals surface area contributed by atoms with Gasteiger partial charge < -0.3 is 9.64 Å². The Kier molecular flexibility index (Phi) is 5.17. The maximum Gasteiger partial charge on any atom is 0.350 e. The van der Waals surface area contributed by atoms with E-state index in [0.717, 1.165) is 17.8 Å². The smallest absolute Gasteiger partial charge is 0.350 e. The summed E-state index contributed by atoms with van der Waals surface area (Å²) < 4.78 is 5.20. The van der Waals surface area contributed by atoms with Crippen molar-refractivity contribution in [1.82, 2.24) is 20.2 Å². The first-order chi connectivity index (χ1) is 14.0. The number of ether oxygens (including phenoxy) is 1. The normalized spacial score (nSPS) is 13.7. The molecule has 0 radical (unpaired) electrons. The van der Waals surface area contributed by atoms with Crippen LogP contribution in [0.4, 0.5) is 5.69 Å². The van der Waals surface area contributed by atoms with Gasteiger partial charge in [0.1, 0.15) is 11.2 Å². The zero-order valence-electron chi connectivity index (χ0n) is 15.5. The number of ketones is 1. The van der Waals surface area contributed by atoms with Crippen molar-refractivity contribution in [3.63, 3.8) is 0 Å². The monoisotopic (exact) mass is 411 g/mol. The Bertz CT molecular complexity index is 1080. The number of anilines is 1. The number of hydrogen-bond donors (Lipinski definition) is 1. The molecular weight excluding hydrogens is 394 g/mol. The molecule has 0 unspecified atom stereocenters. The van der Waals surface area contributed by atoms with Gasteiger partial charge in [-0.3, -0.25) is 14.7 Å². The standard InChI is InChI=1S/C19H17N5O4S/c1-11-16(29-18(22-11)17-20-10-21-23-17)19(27)28-9-14(25)12-4-2-5-13(8-12)24-7-3-6-15(24)26/h2,4-5,8,10H,3,6-7,9H2,1H3,(H,20,21,23). The Morgan fingerprint density at radius 2 is 2.21 bits per heavy atom. The van der Waals surface area contributed by atoms with Crippen LogP contribution in [0.25, 0.3) is 10.8 Å². The van der Waals surface area contributed by atoms with Gasteiger partial charge in [-0.15, -0.1) is 11.3 Å². The predicted molar refractivity (Wildman–Crippen MR) is 105 cm³/mol. The lowest BCUT2D eigenvalue weighted by Crippen LogP contribution is -2.24. The highest BCUT2D eigenvalue weighted by Crippen LogP contribution is 2.26. The Morgan fingerprint density at radius 3 is 2.93 bits per heavy atom. The van der Waals surface area contributed by atoms with Crippen molar-refractivity contribution >= 4 is 34.7 Å². The molecule has 1 amide bonds. The number of amides is 1. The van der Waals surface area contributed by atoms with E-state index in [2.05, 4.69) is 20.2 Å². The number of hydrogen-bond acceptors (Lipinski definition) is 8. The van der Waals surface area contributed by atoms with E-state index in [4.69, 9.17) is 4.74 Å². The number of carbonyl (C=O) groups is 3. The maximum absolute atomic E-state index is 12.5. The second-order valence-corrected chi connectivity index (χ2v) is 7.47. The molecule has 29 heavy (non-hydrogen) atoms. The molecule has 3 aromatic rings. The van der Waals surface area contributed by atoms with Crippen LogP contribution in [0.15, 0.2) is 30.6 Å². The van der Waals surface area contributed by atoms with Gasteiger partial charge in [0.2, 0.25) is 5.91 Å². The van der Waals surface area contributed by atoms with Crippen LogP contribution in [-0.4, -0.2) is 51.0 Å². The van der Waals surface area contributed by atoms with E-state index in [1.807, 2.05) is 0 Å². The molecule has 0 bridgehead atoms. The number of thiazole rings is 1. The van der Waals surface area contributed by atoms with Crippen LogP contribution in [0.5, 0.6) is 0 Å². The van der Waals surface area contributed by atoms with Crippen LogP contribution in [0.1, 0.15) is 38.6 Å². The summed E-state index contributed by atoms with van der Waals surface area (Å²) in [6.07, 6.45) is 2.67. The number of aromatic amines is 1. The second-order valence-electron chi connectivity index (χ2n) is 6.47. The van der Waals surface area contributed by atoms with Gasteiger partial charge in [-0.2, -0.15) is 5.10 Å². The first-order valence-corrected chi connectivity index (χ1v) is 9.78. The fourth-order valence-corrected chi connectivity index (χ4v) is 3.95. The Labute approximate surface area is 169 Å². The average molecular weight is 411 g/mol. The van der Waals surface area contributed by atoms with Crippen LogP contribution in [0.3, 0.4) is 0 Å². The highest BCUT2D eigenvalue weighted by atomic mass is 32.1. The molecule has 1 aromatic carbocycles. The van der Waals surface area contributed by atoms with Crippen LogP contribution < -0.4 is 4.90 Å². The van der Waals surface area contributed by atoms with Gasteiger partial charge >= 0.3 is 5.97 Å². The van der Waals surface area contributed by atoms with Crippen LogP contribution >= 0.6 is 11.3 Å². The van der Waals surface area contributed by atoms with Gasteiger partial charge in [-0.05, 0) is 25.5 Å². The summed E-state index contributed by atoms with van der Waals surface area (Å²) >= 11 is 1.12. The van der Waals surface area contributed by atoms with Gasteiger partial charge in [0.05, 0.1) is 5.69 Å². The van der Waals surface area contributed by atoms with E-state index < -0.39 is 12.6 Å². The summed E-state index contributed by atoms with van der Waals surface area (Å²) in [5, 5.41) is 6.96. The van der Waals surface area contributed by atoms with Crippen LogP contribution in [-0.2, 0) is 9.53 Å². The summed E-state index contributed by atoms with van der Waals surface area (Å²) in [6, 6.07) is 6.80. The number of Topliss-reactive ketones (excluding diaryl/α,β-unsaturated/α-hetero) is 1. The molecule has 0 spiro atoms. The molecule has 0 aliphatic carbocycles. The highest BCUT2D eigenvalue weighted by Gasteiger charge is 2.23. The first kappa shape index (κ1) is 18.9. The molecule has 1 fully saturated rings. The summed E-state index contributed by atoms with van der Waals surface area (Å²) in [5.41, 5.74) is 1.56. The SMILES string of the molecule is Cc1nc(-c2ncn[nH]2)sc1C(=O)OCC(=O)c1cccc(N2CCCC2=O)c1. The number of nitrogens with one attached hydrogen (secondary N) is 1. The minimum Gasteiger partial charge on any atom is -0.453 e. The molecule has 1 saturated heterocycles. The summed E-state index contributed by atoms with van der Waals surface area (Å²) in [6.45, 7) is 1.93. The van der Waals surface area contributed by atoms with Gasteiger partial charge in [-0.1, -0.05) is 12.1 Å². The molecule has 0 atom stereocenters. The maximum atomic E-state index is 12.5. The van der Waals surface area contributed by atoms with E-state index >= 15 is 0 Å². The van der Waals surface area contributed by atoms with E-state index in [-0.39, 0.29) is 11.7 Å². The molecule has 1 aliphatic heterocycles. The molecule has 1 N–H and O–H groups in total. The first-order valence-electron chi connectivity index (χ1n) is 8.97. The van der Waals surface area contributed by atoms with Gasteiger partial charge in [0, 0.05) is 24.2 Å². The lowest BCUT2D eigenvalue weighted by atomic mass is 10.1. The van der Waals surface area contributed by atoms with Gasteiger partial charge in [0.25, 0.3) is 0 Å². The molecule has 4 rings (SSSR count). The van der Waals surface area contributed by atoms with Crippen molar-refractivity contribution in [2.45, 2.75) is 19.8 Å². The third-order valence-corrected chi connectivity index (χ3v) is 5.63. The number of H-pyrrole nitrogens is 1. The van der Waals surface area contributed by atoms with Crippen molar-refractivity contribution in [3.05, 3.63) is 46.7 Å². The molecule has 0 saturated carbocycles. The van der Waals surface area contributed by atoms with Crippen molar-refractivity contribution in [3.8, 4) is 10.8 Å². The van der Waals surface area contributed by atoms with E-state index in [1.165, 1.54) is 6.33 Å². The lowest BCUT2D eigenvalue weighted by molar-refractivity contribution is -0.117. The summed E-state index contributed by atoms with van der Waals surface area (Å²) in [4.78, 5) is 47.1. The number of rotatable bonds is 6. The topological polar surface area (TPSA) is 118 Å². The molecule has 10 heteroatoms. The van der Waals surface area contributed by atoms with Crippen LogP contribution in [0.2, 0.25) is 0 Å². The third kappa shape index (κ3) is 3.92. The number of aryl methyl sites for hydroxylation is 1. The zero-order chi connectivity index (χ0) is 20.4. The summed E-state index contributed by atoms with van der Waals surface area (Å²) in [5.74, 6) is -0.458. The van der Waals surface area contributed by atoms with Crippen molar-refractivity contribution in [1.29, 1.82) is 0 Å². The summed E-state index contributed by atoms with van der Waals surface area (Å²) in [7, 11) is 0. The quantitative estimate of drug-likeness (QED) is 0.489. The molecule has 3 heterocycles. The Morgan fingerprint density at radius 1 is 1.34 bits per heavy atom. The van der Waals surface area contributed by atoms with Crippen molar-refractivity contribution < 1.29 is 19.1 Å². The minimum absolute atomic E-state index is 0.0456. The molecule has 1 aliphatic rings. The average Bonchev–Trinajstić information content (AvgIpc) is 3.46. The Balaban J connectivity index is 1.42. The number of carbonyl (C=O) groups excluding carboxylic acids is 3. The fourth-order valence-electron chi connectivity index (χ4n) is 3.04. The number of esters is 1. The lowest BCUT2D eigenvalue weighted by Gasteiger charge is -2.16. The molecular formula is C19H17N5O4S. The zero-order valence-corrected chi connectivity index (χ0v) is 16.4. The van der Waals surface area contributed by atoms with Crippen molar-refractivity contribution in [2.24, 2.45) is 0 Å². The number of nitrogens with zero attached hydrogens (tertiary/aromatic N) is 4. The number of aromatic nitrogens is 4. The predicted octanol–water partition coefficient (Wildman–Crippen LogP) is 2.40. The van der Waals surface area contributed by atoms with E-state index in [1.54, 1.807) is 36.1 Å². The molecule has 148 valence electrons. The fraction of sp³-hybridized carbons (Fsp3) is 0.263. The Hall–Kier alpha value is -3.40. The number of benzene rings is 1. The van der Waals surface area contributed by atoms with Gasteiger partial charge in [0.15, 0.2) is 23.2 Å².